The molecule has 0 aliphatic heterocycles. The van der Waals surface area contributed by atoms with Gasteiger partial charge in [-0.3, -0.25) is 4.57 Å². The molecule has 1 unspecified atom stereocenters. The van der Waals surface area contributed by atoms with Gasteiger partial charge in [0.1, 0.15) is 18.2 Å². The van der Waals surface area contributed by atoms with Crippen molar-refractivity contribution >= 4 is 24.6 Å². The Bertz CT molecular complexity index is 1240. The molecule has 0 aliphatic carbocycles. The van der Waals surface area contributed by atoms with Crippen molar-refractivity contribution in [2.75, 3.05) is 38.5 Å². The van der Waals surface area contributed by atoms with Crippen LogP contribution in [0.4, 0.5) is 5.82 Å². The Labute approximate surface area is 283 Å². The van der Waals surface area contributed by atoms with Crippen LogP contribution < -0.4 is 5.73 Å². The lowest BCUT2D eigenvalue weighted by Gasteiger charge is -2.19. The zero-order chi connectivity index (χ0) is 33.3. The Morgan fingerprint density at radius 2 is 1.30 bits per heavy atom. The Kier molecular flexibility index (Phi) is 20.6. The SMILES string of the molecule is CCCCCCCCCCCCCCCCCCOCCCOP(=O)(COCCn1cnc2c(N)ncnc21)OCc1ccccc1. The number of hydrogen-bond acceptors (Lipinski definition) is 9. The van der Waals surface area contributed by atoms with Crippen molar-refractivity contribution in [3.8, 4) is 0 Å². The van der Waals surface area contributed by atoms with Crippen LogP contribution >= 0.6 is 7.60 Å². The quantitative estimate of drug-likeness (QED) is 0.0544. The summed E-state index contributed by atoms with van der Waals surface area (Å²) in [6.07, 6.45) is 25.3. The molecule has 3 aromatic rings. The molecule has 0 radical (unpaired) electrons. The van der Waals surface area contributed by atoms with Crippen LogP contribution in [0, 0.1) is 0 Å². The molecule has 3 rings (SSSR count). The van der Waals surface area contributed by atoms with Crippen molar-refractivity contribution in [2.45, 2.75) is 129 Å². The van der Waals surface area contributed by atoms with Crippen molar-refractivity contribution in [3.63, 3.8) is 0 Å². The third kappa shape index (κ3) is 17.0. The summed E-state index contributed by atoms with van der Waals surface area (Å²) in [5, 5.41) is 0. The van der Waals surface area contributed by atoms with Gasteiger partial charge in [-0.05, 0) is 18.4 Å². The molecule has 2 N–H and O–H groups in total. The Morgan fingerprint density at radius 1 is 0.681 bits per heavy atom. The highest BCUT2D eigenvalue weighted by Crippen LogP contribution is 2.49. The average Bonchev–Trinajstić information content (AvgIpc) is 3.51. The maximum atomic E-state index is 13.5. The number of ether oxygens (including phenoxy) is 2. The van der Waals surface area contributed by atoms with Crippen LogP contribution in [0.25, 0.3) is 11.2 Å². The third-order valence-electron chi connectivity index (χ3n) is 8.29. The fraction of sp³-hybridized carbons (Fsp3) is 0.694. The largest absolute Gasteiger partial charge is 0.382 e. The van der Waals surface area contributed by atoms with Crippen LogP contribution in [0.2, 0.25) is 0 Å². The van der Waals surface area contributed by atoms with Crippen molar-refractivity contribution in [3.05, 3.63) is 48.5 Å². The van der Waals surface area contributed by atoms with Gasteiger partial charge >= 0.3 is 7.60 Å². The first-order chi connectivity index (χ1) is 23.1. The standard InChI is InChI=1S/C36H60N5O5P/c1-2-3-4-5-6-7-8-9-10-11-12-13-14-15-16-20-25-43-26-21-27-45-47(42,46-29-33-22-18-17-19-23-33)32-44-28-24-41-31-40-34-35(37)38-30-39-36(34)41/h17-19,22-23,30-31H,2-16,20-21,24-29,32H2,1H3,(H2,37,38,39). The number of nitrogens with zero attached hydrogens (tertiary/aromatic N) is 4. The topological polar surface area (TPSA) is 124 Å². The maximum Gasteiger partial charge on any atom is 0.356 e. The number of anilines is 1. The Morgan fingerprint density at radius 3 is 1.96 bits per heavy atom. The molecule has 0 amide bonds. The average molecular weight is 674 g/mol. The number of benzene rings is 1. The van der Waals surface area contributed by atoms with Gasteiger partial charge in [0.25, 0.3) is 0 Å². The fourth-order valence-electron chi connectivity index (χ4n) is 5.48. The molecular formula is C36H60N5O5P. The van der Waals surface area contributed by atoms with Gasteiger partial charge in [0, 0.05) is 19.8 Å². The summed E-state index contributed by atoms with van der Waals surface area (Å²) >= 11 is 0. The zero-order valence-electron chi connectivity index (χ0n) is 28.9. The first-order valence-electron chi connectivity index (χ1n) is 18.1. The summed E-state index contributed by atoms with van der Waals surface area (Å²) in [5.41, 5.74) is 7.96. The van der Waals surface area contributed by atoms with E-state index in [9.17, 15) is 4.57 Å². The van der Waals surface area contributed by atoms with E-state index in [4.69, 9.17) is 24.3 Å². The third-order valence-corrected chi connectivity index (χ3v) is 9.89. The zero-order valence-corrected chi connectivity index (χ0v) is 29.8. The minimum absolute atomic E-state index is 0.149. The highest BCUT2D eigenvalue weighted by atomic mass is 31.2. The van der Waals surface area contributed by atoms with E-state index >= 15 is 0 Å². The molecule has 2 aromatic heterocycles. The first kappa shape index (κ1) is 39.1. The number of hydrogen-bond donors (Lipinski definition) is 1. The molecular weight excluding hydrogens is 613 g/mol. The predicted molar refractivity (Wildman–Crippen MR) is 190 cm³/mol. The minimum Gasteiger partial charge on any atom is -0.382 e. The lowest BCUT2D eigenvalue weighted by atomic mass is 10.0. The second-order valence-corrected chi connectivity index (χ2v) is 14.4. The van der Waals surface area contributed by atoms with Gasteiger partial charge in [-0.15, -0.1) is 0 Å². The van der Waals surface area contributed by atoms with Crippen LogP contribution in [0.3, 0.4) is 0 Å². The molecule has 0 saturated heterocycles. The summed E-state index contributed by atoms with van der Waals surface area (Å²) in [4.78, 5) is 12.5. The summed E-state index contributed by atoms with van der Waals surface area (Å²) in [5.74, 6) is 0.330. The number of nitrogen functional groups attached to an aromatic ring is 1. The lowest BCUT2D eigenvalue weighted by molar-refractivity contribution is 0.0979. The van der Waals surface area contributed by atoms with E-state index in [-0.39, 0.29) is 26.2 Å². The van der Waals surface area contributed by atoms with Crippen LogP contribution in [0.1, 0.15) is 122 Å². The van der Waals surface area contributed by atoms with E-state index < -0.39 is 7.60 Å². The second kappa shape index (κ2) is 24.7. The lowest BCUT2D eigenvalue weighted by Crippen LogP contribution is -2.10. The molecule has 0 spiro atoms. The highest BCUT2D eigenvalue weighted by molar-refractivity contribution is 7.53. The number of imidazole rings is 1. The Hall–Kier alpha value is -2.36. The monoisotopic (exact) mass is 673 g/mol. The van der Waals surface area contributed by atoms with Crippen LogP contribution in [0.5, 0.6) is 0 Å². The normalized spacial score (nSPS) is 13.0. The summed E-state index contributed by atoms with van der Waals surface area (Å²) in [6, 6.07) is 9.62. The van der Waals surface area contributed by atoms with Crippen LogP contribution in [-0.4, -0.2) is 52.3 Å². The van der Waals surface area contributed by atoms with E-state index in [1.807, 2.05) is 34.9 Å². The molecule has 0 bridgehead atoms. The molecule has 1 atom stereocenters. The number of fused-ring (bicyclic) bond motifs is 1. The second-order valence-electron chi connectivity index (χ2n) is 12.4. The van der Waals surface area contributed by atoms with Crippen LogP contribution in [0.15, 0.2) is 43.0 Å². The van der Waals surface area contributed by atoms with Crippen molar-refractivity contribution < 1.29 is 23.1 Å². The van der Waals surface area contributed by atoms with Gasteiger partial charge in [0.15, 0.2) is 11.5 Å². The molecule has 0 fully saturated rings. The molecule has 1 aromatic carbocycles. The molecule has 264 valence electrons. The van der Waals surface area contributed by atoms with Gasteiger partial charge in [-0.25, -0.2) is 15.0 Å². The van der Waals surface area contributed by atoms with E-state index in [1.165, 1.54) is 103 Å². The summed E-state index contributed by atoms with van der Waals surface area (Å²) < 4.78 is 38.5. The molecule has 0 saturated carbocycles. The number of aromatic nitrogens is 4. The molecule has 0 aliphatic rings. The summed E-state index contributed by atoms with van der Waals surface area (Å²) in [7, 11) is -3.49. The van der Waals surface area contributed by atoms with Crippen LogP contribution in [-0.2, 0) is 36.2 Å². The number of unbranched alkanes of at least 4 members (excludes halogenated alkanes) is 15. The van der Waals surface area contributed by atoms with Crippen molar-refractivity contribution in [2.24, 2.45) is 0 Å². The van der Waals surface area contributed by atoms with Gasteiger partial charge in [0.05, 0.1) is 26.1 Å². The first-order valence-corrected chi connectivity index (χ1v) is 19.8. The van der Waals surface area contributed by atoms with E-state index in [0.717, 1.165) is 18.6 Å². The van der Waals surface area contributed by atoms with Gasteiger partial charge in [-0.1, -0.05) is 134 Å². The Balaban J connectivity index is 1.20. The van der Waals surface area contributed by atoms with Gasteiger partial charge in [-0.2, -0.15) is 0 Å². The number of rotatable bonds is 30. The van der Waals surface area contributed by atoms with Gasteiger partial charge in [0.2, 0.25) is 0 Å². The highest BCUT2D eigenvalue weighted by Gasteiger charge is 2.25. The smallest absolute Gasteiger partial charge is 0.356 e. The fourth-order valence-corrected chi connectivity index (χ4v) is 6.81. The van der Waals surface area contributed by atoms with Gasteiger partial charge < -0.3 is 28.8 Å². The molecule has 47 heavy (non-hydrogen) atoms. The molecule has 2 heterocycles. The predicted octanol–water partition coefficient (Wildman–Crippen LogP) is 9.48. The molecule has 10 nitrogen and oxygen atoms in total. The van der Waals surface area contributed by atoms with E-state index in [1.54, 1.807) is 6.33 Å². The maximum absolute atomic E-state index is 13.5. The number of nitrogens with two attached hydrogens (primary N) is 1. The van der Waals surface area contributed by atoms with E-state index in [0.29, 0.717) is 36.6 Å². The minimum atomic E-state index is -3.49. The van der Waals surface area contributed by atoms with Crippen molar-refractivity contribution in [1.82, 2.24) is 19.5 Å². The summed E-state index contributed by atoms with van der Waals surface area (Å²) in [6.45, 7) is 4.79. The molecule has 11 heteroatoms. The van der Waals surface area contributed by atoms with E-state index in [2.05, 4.69) is 21.9 Å². The van der Waals surface area contributed by atoms with Crippen molar-refractivity contribution in [1.29, 1.82) is 0 Å².